The summed E-state index contributed by atoms with van der Waals surface area (Å²) in [5.74, 6) is 1.62. The molecule has 1 aromatic heterocycles. The fraction of sp³-hybridized carbons (Fsp3) is 0.143. The maximum absolute atomic E-state index is 5.18. The summed E-state index contributed by atoms with van der Waals surface area (Å²) in [5.41, 5.74) is 3.69. The average Bonchev–Trinajstić information content (AvgIpc) is 2.99. The van der Waals surface area contributed by atoms with Gasteiger partial charge in [-0.15, -0.1) is 0 Å². The predicted octanol–water partition coefficient (Wildman–Crippen LogP) is 2.29. The van der Waals surface area contributed by atoms with Crippen LogP contribution in [0.15, 0.2) is 52.2 Å². The number of hydrazone groups is 1. The van der Waals surface area contributed by atoms with E-state index in [1.807, 2.05) is 36.4 Å². The minimum Gasteiger partial charge on any atom is -0.497 e. The smallest absolute Gasteiger partial charge is 0.187 e. The van der Waals surface area contributed by atoms with Crippen molar-refractivity contribution < 1.29 is 9.15 Å². The number of hydrogen-bond acceptors (Lipinski definition) is 4. The van der Waals surface area contributed by atoms with Gasteiger partial charge in [-0.2, -0.15) is 5.10 Å². The van der Waals surface area contributed by atoms with E-state index in [0.717, 1.165) is 17.1 Å². The van der Waals surface area contributed by atoms with Crippen molar-refractivity contribution >= 4 is 23.5 Å². The zero-order valence-electron chi connectivity index (χ0n) is 11.0. The molecule has 104 valence electrons. The number of nitrogens with one attached hydrogen (secondary N) is 2. The summed E-state index contributed by atoms with van der Waals surface area (Å²) < 4.78 is 10.3. The van der Waals surface area contributed by atoms with Crippen molar-refractivity contribution in [2.24, 2.45) is 5.10 Å². The quantitative estimate of drug-likeness (QED) is 0.502. The van der Waals surface area contributed by atoms with Gasteiger partial charge in [-0.25, -0.2) is 0 Å². The molecule has 0 amide bonds. The molecule has 0 saturated heterocycles. The molecule has 0 spiro atoms. The molecule has 2 rings (SSSR count). The zero-order valence-corrected chi connectivity index (χ0v) is 11.8. The van der Waals surface area contributed by atoms with Crippen LogP contribution in [0.5, 0.6) is 5.75 Å². The van der Waals surface area contributed by atoms with Crippen molar-refractivity contribution in [1.29, 1.82) is 0 Å². The summed E-state index contributed by atoms with van der Waals surface area (Å²) in [4.78, 5) is 0. The normalized spacial score (nSPS) is 10.4. The lowest BCUT2D eigenvalue weighted by Gasteiger charge is -2.04. The lowest BCUT2D eigenvalue weighted by Crippen LogP contribution is -2.31. The van der Waals surface area contributed by atoms with E-state index >= 15 is 0 Å². The molecule has 0 aliphatic heterocycles. The van der Waals surface area contributed by atoms with Crippen LogP contribution in [-0.2, 0) is 6.54 Å². The van der Waals surface area contributed by atoms with Crippen molar-refractivity contribution in [2.75, 3.05) is 7.11 Å². The third-order valence-corrected chi connectivity index (χ3v) is 2.73. The molecule has 2 N–H and O–H groups in total. The van der Waals surface area contributed by atoms with E-state index in [1.165, 1.54) is 0 Å². The highest BCUT2D eigenvalue weighted by Crippen LogP contribution is 2.09. The van der Waals surface area contributed by atoms with E-state index in [9.17, 15) is 0 Å². The van der Waals surface area contributed by atoms with Gasteiger partial charge in [0, 0.05) is 0 Å². The molecule has 6 heteroatoms. The Bertz CT molecular complexity index is 565. The highest BCUT2D eigenvalue weighted by atomic mass is 32.1. The number of benzene rings is 1. The van der Waals surface area contributed by atoms with Crippen LogP contribution >= 0.6 is 12.2 Å². The highest BCUT2D eigenvalue weighted by molar-refractivity contribution is 7.80. The van der Waals surface area contributed by atoms with Crippen molar-refractivity contribution in [1.82, 2.24) is 10.7 Å². The van der Waals surface area contributed by atoms with E-state index in [-0.39, 0.29) is 0 Å². The molecule has 0 fully saturated rings. The first-order chi connectivity index (χ1) is 9.78. The second kappa shape index (κ2) is 7.30. The third kappa shape index (κ3) is 4.40. The summed E-state index contributed by atoms with van der Waals surface area (Å²) in [6, 6.07) is 11.3. The molecule has 0 bridgehead atoms. The van der Waals surface area contributed by atoms with Crippen LogP contribution in [0, 0.1) is 0 Å². The molecule has 0 aliphatic rings. The van der Waals surface area contributed by atoms with E-state index in [1.54, 1.807) is 19.6 Å². The molecule has 1 aromatic carbocycles. The van der Waals surface area contributed by atoms with Gasteiger partial charge >= 0.3 is 0 Å². The zero-order chi connectivity index (χ0) is 14.2. The molecule has 5 nitrogen and oxygen atoms in total. The highest BCUT2D eigenvalue weighted by Gasteiger charge is 1.97. The Morgan fingerprint density at radius 3 is 2.80 bits per heavy atom. The van der Waals surface area contributed by atoms with Crippen LogP contribution in [0.1, 0.15) is 11.3 Å². The monoisotopic (exact) mass is 289 g/mol. The van der Waals surface area contributed by atoms with Gasteiger partial charge in [-0.3, -0.25) is 5.43 Å². The Balaban J connectivity index is 1.75. The summed E-state index contributed by atoms with van der Waals surface area (Å²) in [6.07, 6.45) is 3.30. The summed E-state index contributed by atoms with van der Waals surface area (Å²) >= 11 is 5.08. The second-order valence-corrected chi connectivity index (χ2v) is 4.31. The molecule has 0 unspecified atom stereocenters. The van der Waals surface area contributed by atoms with Crippen LogP contribution in [0.3, 0.4) is 0 Å². The molecule has 1 heterocycles. The van der Waals surface area contributed by atoms with Gasteiger partial charge < -0.3 is 14.5 Å². The number of furan rings is 1. The van der Waals surface area contributed by atoms with E-state index in [2.05, 4.69) is 15.8 Å². The maximum atomic E-state index is 5.18. The Kier molecular flexibility index (Phi) is 5.14. The van der Waals surface area contributed by atoms with Crippen molar-refractivity contribution in [3.63, 3.8) is 0 Å². The first kappa shape index (κ1) is 14.1. The van der Waals surface area contributed by atoms with Crippen LogP contribution in [-0.4, -0.2) is 18.4 Å². The van der Waals surface area contributed by atoms with Crippen molar-refractivity contribution in [3.05, 3.63) is 54.0 Å². The van der Waals surface area contributed by atoms with Gasteiger partial charge in [0.15, 0.2) is 5.11 Å². The van der Waals surface area contributed by atoms with Crippen molar-refractivity contribution in [2.45, 2.75) is 6.54 Å². The molecule has 0 aliphatic carbocycles. The van der Waals surface area contributed by atoms with Gasteiger partial charge in [-0.1, -0.05) is 0 Å². The van der Waals surface area contributed by atoms with Crippen LogP contribution in [0.25, 0.3) is 0 Å². The number of rotatable bonds is 5. The predicted molar refractivity (Wildman–Crippen MR) is 81.9 cm³/mol. The van der Waals surface area contributed by atoms with Gasteiger partial charge in [0.25, 0.3) is 0 Å². The van der Waals surface area contributed by atoms with Crippen LogP contribution < -0.4 is 15.5 Å². The first-order valence-electron chi connectivity index (χ1n) is 6.01. The van der Waals surface area contributed by atoms with E-state index in [4.69, 9.17) is 21.4 Å². The molecule has 0 radical (unpaired) electrons. The lowest BCUT2D eigenvalue weighted by molar-refractivity contribution is 0.415. The first-order valence-corrected chi connectivity index (χ1v) is 6.42. The Hall–Kier alpha value is -2.34. The molecular formula is C14H15N3O2S. The van der Waals surface area contributed by atoms with Gasteiger partial charge in [0.1, 0.15) is 11.5 Å². The molecule has 0 atom stereocenters. The van der Waals surface area contributed by atoms with Crippen molar-refractivity contribution in [3.8, 4) is 5.75 Å². The van der Waals surface area contributed by atoms with Crippen LogP contribution in [0.2, 0.25) is 0 Å². The molecule has 20 heavy (non-hydrogen) atoms. The average molecular weight is 289 g/mol. The summed E-state index contributed by atoms with van der Waals surface area (Å²) in [6.45, 7) is 0.525. The van der Waals surface area contributed by atoms with Gasteiger partial charge in [-0.05, 0) is 54.2 Å². The van der Waals surface area contributed by atoms with Gasteiger partial charge in [0.05, 0.1) is 26.1 Å². The number of ether oxygens (including phenoxy) is 1. The molecule has 0 saturated carbocycles. The Labute approximate surface area is 122 Å². The number of thiocarbonyl (C=S) groups is 1. The standard InChI is InChI=1S/C14H15N3O2S/c1-18-12-6-4-11(5-7-12)9-16-17-14(20)15-10-13-3-2-8-19-13/h2-9H,10H2,1H3,(H2,15,17,20)/b16-9-. The van der Waals surface area contributed by atoms with E-state index < -0.39 is 0 Å². The number of methoxy groups -OCH3 is 1. The topological polar surface area (TPSA) is 58.8 Å². The fourth-order valence-electron chi connectivity index (χ4n) is 1.48. The molecular weight excluding hydrogens is 274 g/mol. The number of nitrogens with zero attached hydrogens (tertiary/aromatic N) is 1. The SMILES string of the molecule is COc1ccc(/C=N\NC(=S)NCc2ccco2)cc1. The minimum atomic E-state index is 0.436. The summed E-state index contributed by atoms with van der Waals surface area (Å²) in [5, 5.41) is 7.47. The Morgan fingerprint density at radius 1 is 1.35 bits per heavy atom. The van der Waals surface area contributed by atoms with Crippen LogP contribution in [0.4, 0.5) is 0 Å². The number of hydrogen-bond donors (Lipinski definition) is 2. The van der Waals surface area contributed by atoms with E-state index in [0.29, 0.717) is 11.7 Å². The molecule has 2 aromatic rings. The Morgan fingerprint density at radius 2 is 2.15 bits per heavy atom. The fourth-order valence-corrected chi connectivity index (χ4v) is 1.60. The van der Waals surface area contributed by atoms with Gasteiger partial charge in [0.2, 0.25) is 0 Å². The second-order valence-electron chi connectivity index (χ2n) is 3.91. The maximum Gasteiger partial charge on any atom is 0.187 e. The summed E-state index contributed by atoms with van der Waals surface area (Å²) in [7, 11) is 1.63. The lowest BCUT2D eigenvalue weighted by atomic mass is 10.2. The minimum absolute atomic E-state index is 0.436. The third-order valence-electron chi connectivity index (χ3n) is 2.50. The largest absolute Gasteiger partial charge is 0.497 e.